The van der Waals surface area contributed by atoms with Crippen molar-refractivity contribution in [2.24, 2.45) is 0 Å². The number of hydrogen-bond acceptors (Lipinski definition) is 2. The van der Waals surface area contributed by atoms with Crippen LogP contribution in [0.5, 0.6) is 5.75 Å². The second kappa shape index (κ2) is 5.24. The summed E-state index contributed by atoms with van der Waals surface area (Å²) < 4.78 is 5.00. The molecular formula is C10H15N2O2+. The number of nitrogens with one attached hydrogen (secondary N) is 1. The van der Waals surface area contributed by atoms with Crippen molar-refractivity contribution in [3.63, 3.8) is 0 Å². The van der Waals surface area contributed by atoms with E-state index in [4.69, 9.17) is 4.74 Å². The number of benzene rings is 1. The third kappa shape index (κ3) is 3.06. The molecule has 1 aromatic carbocycles. The van der Waals surface area contributed by atoms with E-state index in [1.807, 2.05) is 36.6 Å². The average molecular weight is 195 g/mol. The molecule has 4 heteroatoms. The molecule has 4 nitrogen and oxygen atoms in total. The summed E-state index contributed by atoms with van der Waals surface area (Å²) in [5.41, 5.74) is 0.789. The van der Waals surface area contributed by atoms with Crippen LogP contribution < -0.4 is 15.4 Å². The van der Waals surface area contributed by atoms with Crippen LogP contribution in [-0.4, -0.2) is 26.6 Å². The van der Waals surface area contributed by atoms with Gasteiger partial charge in [0.05, 0.1) is 14.2 Å². The Kier molecular flexibility index (Phi) is 3.94. The molecule has 0 saturated carbocycles. The molecule has 0 aromatic heterocycles. The van der Waals surface area contributed by atoms with Crippen LogP contribution in [0.3, 0.4) is 0 Å². The van der Waals surface area contributed by atoms with Crippen molar-refractivity contribution in [2.45, 2.75) is 0 Å². The number of carbonyl (C=O) groups excluding carboxylic acids is 1. The largest absolute Gasteiger partial charge is 0.497 e. The number of carbonyl (C=O) groups is 1. The summed E-state index contributed by atoms with van der Waals surface area (Å²) in [6, 6.07) is 7.25. The van der Waals surface area contributed by atoms with Crippen molar-refractivity contribution < 1.29 is 14.8 Å². The van der Waals surface area contributed by atoms with Gasteiger partial charge in [0.2, 0.25) is 0 Å². The van der Waals surface area contributed by atoms with Gasteiger partial charge >= 0.3 is 0 Å². The first-order chi connectivity index (χ1) is 6.76. The molecule has 0 radical (unpaired) electrons. The summed E-state index contributed by atoms with van der Waals surface area (Å²) in [6.45, 7) is 0.437. The van der Waals surface area contributed by atoms with Crippen LogP contribution in [0.4, 0.5) is 5.69 Å². The summed E-state index contributed by atoms with van der Waals surface area (Å²) in [7, 11) is 3.47. The molecule has 3 N–H and O–H groups in total. The van der Waals surface area contributed by atoms with Crippen molar-refractivity contribution in [3.05, 3.63) is 24.3 Å². The lowest BCUT2D eigenvalue weighted by atomic mass is 10.3. The Labute approximate surface area is 83.3 Å². The molecule has 1 aromatic rings. The molecule has 0 fully saturated rings. The fourth-order valence-corrected chi connectivity index (χ4v) is 1.07. The molecular weight excluding hydrogens is 180 g/mol. The van der Waals surface area contributed by atoms with Gasteiger partial charge in [0.15, 0.2) is 6.54 Å². The SMILES string of the molecule is C[NH2+]CC(=O)Nc1ccc(OC)cc1. The van der Waals surface area contributed by atoms with Crippen LogP contribution in [0.15, 0.2) is 24.3 Å². The minimum absolute atomic E-state index is 0.00216. The van der Waals surface area contributed by atoms with E-state index >= 15 is 0 Å². The normalized spacial score (nSPS) is 9.57. The number of rotatable bonds is 4. The van der Waals surface area contributed by atoms with E-state index in [-0.39, 0.29) is 5.91 Å². The van der Waals surface area contributed by atoms with Crippen molar-refractivity contribution >= 4 is 11.6 Å². The fourth-order valence-electron chi connectivity index (χ4n) is 1.07. The number of anilines is 1. The first-order valence-electron chi connectivity index (χ1n) is 4.48. The minimum atomic E-state index is -0.00216. The predicted molar refractivity (Wildman–Crippen MR) is 54.3 cm³/mol. The monoisotopic (exact) mass is 195 g/mol. The van der Waals surface area contributed by atoms with Crippen molar-refractivity contribution in [1.29, 1.82) is 0 Å². The number of nitrogens with two attached hydrogens (primary N) is 1. The molecule has 0 spiro atoms. The summed E-state index contributed by atoms with van der Waals surface area (Å²) in [5.74, 6) is 0.780. The van der Waals surface area contributed by atoms with E-state index in [9.17, 15) is 4.79 Å². The number of methoxy groups -OCH3 is 1. The summed E-state index contributed by atoms with van der Waals surface area (Å²) in [4.78, 5) is 11.2. The Hall–Kier alpha value is -1.55. The third-order valence-corrected chi connectivity index (χ3v) is 1.76. The van der Waals surface area contributed by atoms with E-state index in [0.717, 1.165) is 11.4 Å². The van der Waals surface area contributed by atoms with Gasteiger partial charge < -0.3 is 15.4 Å². The lowest BCUT2D eigenvalue weighted by molar-refractivity contribution is -0.615. The second-order valence-electron chi connectivity index (χ2n) is 2.89. The van der Waals surface area contributed by atoms with Gasteiger partial charge in [-0.15, -0.1) is 0 Å². The highest BCUT2D eigenvalue weighted by atomic mass is 16.5. The topological polar surface area (TPSA) is 54.9 Å². The third-order valence-electron chi connectivity index (χ3n) is 1.76. The van der Waals surface area contributed by atoms with Gasteiger partial charge in [0.25, 0.3) is 5.91 Å². The molecule has 0 saturated heterocycles. The zero-order valence-electron chi connectivity index (χ0n) is 8.41. The number of hydrogen-bond donors (Lipinski definition) is 2. The molecule has 14 heavy (non-hydrogen) atoms. The number of likely N-dealkylation sites (N-methyl/N-ethyl adjacent to an activating group) is 1. The molecule has 1 rings (SSSR count). The Balaban J connectivity index is 2.55. The van der Waals surface area contributed by atoms with Gasteiger partial charge in [0, 0.05) is 5.69 Å². The van der Waals surface area contributed by atoms with Crippen molar-refractivity contribution in [3.8, 4) is 5.75 Å². The molecule has 1 amide bonds. The van der Waals surface area contributed by atoms with Gasteiger partial charge in [-0.05, 0) is 24.3 Å². The zero-order valence-corrected chi connectivity index (χ0v) is 8.41. The van der Waals surface area contributed by atoms with E-state index in [2.05, 4.69) is 5.32 Å². The van der Waals surface area contributed by atoms with E-state index in [1.165, 1.54) is 0 Å². The van der Waals surface area contributed by atoms with Crippen LogP contribution in [0.25, 0.3) is 0 Å². The predicted octanol–water partition coefficient (Wildman–Crippen LogP) is -0.173. The average Bonchev–Trinajstić information content (AvgIpc) is 2.19. The quantitative estimate of drug-likeness (QED) is 0.700. The van der Waals surface area contributed by atoms with Gasteiger partial charge in [-0.25, -0.2) is 0 Å². The molecule has 0 aliphatic rings. The maximum atomic E-state index is 11.2. The highest BCUT2D eigenvalue weighted by Crippen LogP contribution is 2.14. The van der Waals surface area contributed by atoms with Crippen LogP contribution in [0.1, 0.15) is 0 Å². The van der Waals surface area contributed by atoms with Gasteiger partial charge in [-0.2, -0.15) is 0 Å². The highest BCUT2D eigenvalue weighted by Gasteiger charge is 2.01. The molecule has 0 unspecified atom stereocenters. The first kappa shape index (κ1) is 10.5. The van der Waals surface area contributed by atoms with E-state index in [0.29, 0.717) is 6.54 Å². The molecule has 76 valence electrons. The fraction of sp³-hybridized carbons (Fsp3) is 0.300. The smallest absolute Gasteiger partial charge is 0.279 e. The van der Waals surface area contributed by atoms with Crippen LogP contribution in [-0.2, 0) is 4.79 Å². The number of ether oxygens (including phenoxy) is 1. The first-order valence-corrected chi connectivity index (χ1v) is 4.48. The van der Waals surface area contributed by atoms with Crippen LogP contribution in [0.2, 0.25) is 0 Å². The van der Waals surface area contributed by atoms with Crippen molar-refractivity contribution in [2.75, 3.05) is 26.0 Å². The lowest BCUT2D eigenvalue weighted by Gasteiger charge is -2.04. The Morgan fingerprint density at radius 3 is 2.57 bits per heavy atom. The molecule has 0 aliphatic heterocycles. The maximum Gasteiger partial charge on any atom is 0.279 e. The molecule has 0 bridgehead atoms. The van der Waals surface area contributed by atoms with Crippen LogP contribution in [0, 0.1) is 0 Å². The Bertz CT molecular complexity index is 295. The lowest BCUT2D eigenvalue weighted by Crippen LogP contribution is -2.82. The molecule has 0 heterocycles. The van der Waals surface area contributed by atoms with Gasteiger partial charge in [-0.3, -0.25) is 4.79 Å². The summed E-state index contributed by atoms with van der Waals surface area (Å²) >= 11 is 0. The van der Waals surface area contributed by atoms with Crippen LogP contribution >= 0.6 is 0 Å². The molecule has 0 atom stereocenters. The standard InChI is InChI=1S/C10H14N2O2/c1-11-7-10(13)12-8-3-5-9(14-2)6-4-8/h3-6,11H,7H2,1-2H3,(H,12,13)/p+1. The molecule has 0 aliphatic carbocycles. The summed E-state index contributed by atoms with van der Waals surface area (Å²) in [6.07, 6.45) is 0. The van der Waals surface area contributed by atoms with E-state index in [1.54, 1.807) is 7.11 Å². The Morgan fingerprint density at radius 2 is 2.07 bits per heavy atom. The zero-order chi connectivity index (χ0) is 10.4. The number of quaternary nitrogens is 1. The minimum Gasteiger partial charge on any atom is -0.497 e. The van der Waals surface area contributed by atoms with Gasteiger partial charge in [-0.1, -0.05) is 0 Å². The highest BCUT2D eigenvalue weighted by molar-refractivity contribution is 5.91. The van der Waals surface area contributed by atoms with Gasteiger partial charge in [0.1, 0.15) is 5.75 Å². The van der Waals surface area contributed by atoms with Crippen molar-refractivity contribution in [1.82, 2.24) is 0 Å². The summed E-state index contributed by atoms with van der Waals surface area (Å²) in [5, 5.41) is 4.59. The maximum absolute atomic E-state index is 11.2. The second-order valence-corrected chi connectivity index (χ2v) is 2.89. The number of amides is 1. The Morgan fingerprint density at radius 1 is 1.43 bits per heavy atom. The van der Waals surface area contributed by atoms with E-state index < -0.39 is 0 Å².